The van der Waals surface area contributed by atoms with Crippen molar-refractivity contribution in [3.8, 4) is 0 Å². The number of carbonyl (C=O) groups excluding carboxylic acids is 1. The summed E-state index contributed by atoms with van der Waals surface area (Å²) in [5.74, 6) is -0.753. The van der Waals surface area contributed by atoms with Gasteiger partial charge in [-0.25, -0.2) is 0 Å². The largest absolute Gasteiger partial charge is 0.469 e. The zero-order chi connectivity index (χ0) is 14.7. The van der Waals surface area contributed by atoms with E-state index in [0.29, 0.717) is 19.3 Å². The van der Waals surface area contributed by atoms with Gasteiger partial charge in [0.05, 0.1) is 24.1 Å². The molecule has 0 heterocycles. The van der Waals surface area contributed by atoms with Gasteiger partial charge in [0.25, 0.3) is 5.69 Å². The number of ether oxygens (including phenoxy) is 1. The third-order valence-electron chi connectivity index (χ3n) is 3.86. The lowest BCUT2D eigenvalue weighted by Crippen LogP contribution is -2.32. The summed E-state index contributed by atoms with van der Waals surface area (Å²) in [5.41, 5.74) is 0.837. The maximum atomic E-state index is 11.8. The zero-order valence-electron chi connectivity index (χ0n) is 11.2. The van der Waals surface area contributed by atoms with Crippen molar-refractivity contribution < 1.29 is 19.6 Å². The van der Waals surface area contributed by atoms with Crippen LogP contribution in [0.1, 0.15) is 30.7 Å². The number of methoxy groups -OCH3 is 1. The number of aliphatic hydroxyl groups excluding tert-OH is 1. The van der Waals surface area contributed by atoms with Crippen LogP contribution in [0.3, 0.4) is 0 Å². The van der Waals surface area contributed by atoms with E-state index in [-0.39, 0.29) is 23.5 Å². The molecule has 6 nitrogen and oxygen atoms in total. The minimum atomic E-state index is -0.461. The van der Waals surface area contributed by atoms with Gasteiger partial charge in [-0.3, -0.25) is 14.9 Å². The fraction of sp³-hybridized carbons (Fsp3) is 0.500. The predicted octanol–water partition coefficient (Wildman–Crippen LogP) is 2.01. The van der Waals surface area contributed by atoms with Gasteiger partial charge >= 0.3 is 5.97 Å². The van der Waals surface area contributed by atoms with Crippen LogP contribution in [0.15, 0.2) is 24.3 Å². The molecule has 0 radical (unpaired) electrons. The number of benzene rings is 1. The number of carbonyl (C=O) groups is 1. The third kappa shape index (κ3) is 2.96. The summed E-state index contributed by atoms with van der Waals surface area (Å²) in [6.45, 7) is 0. The van der Waals surface area contributed by atoms with E-state index in [2.05, 4.69) is 0 Å². The number of nitro benzene ring substituents is 1. The van der Waals surface area contributed by atoms with Crippen LogP contribution in [-0.4, -0.2) is 29.2 Å². The molecule has 1 fully saturated rings. The van der Waals surface area contributed by atoms with Crippen LogP contribution in [0.5, 0.6) is 0 Å². The fourth-order valence-corrected chi connectivity index (χ4v) is 2.79. The average molecular weight is 279 g/mol. The molecule has 1 aromatic carbocycles. The van der Waals surface area contributed by atoms with E-state index in [1.165, 1.54) is 19.2 Å². The molecule has 0 aromatic heterocycles. The van der Waals surface area contributed by atoms with Gasteiger partial charge < -0.3 is 9.84 Å². The highest BCUT2D eigenvalue weighted by molar-refractivity contribution is 5.73. The maximum absolute atomic E-state index is 11.8. The van der Waals surface area contributed by atoms with Crippen molar-refractivity contribution in [2.24, 2.45) is 5.92 Å². The first-order chi connectivity index (χ1) is 9.52. The Morgan fingerprint density at radius 3 is 2.55 bits per heavy atom. The van der Waals surface area contributed by atoms with Crippen LogP contribution in [-0.2, 0) is 9.53 Å². The number of non-ortho nitro benzene ring substituents is 1. The molecule has 2 rings (SSSR count). The molecule has 0 aliphatic heterocycles. The van der Waals surface area contributed by atoms with Crippen LogP contribution in [0.4, 0.5) is 5.69 Å². The van der Waals surface area contributed by atoms with E-state index in [9.17, 15) is 20.0 Å². The number of nitro groups is 1. The van der Waals surface area contributed by atoms with E-state index < -0.39 is 11.0 Å². The van der Waals surface area contributed by atoms with Crippen molar-refractivity contribution in [1.29, 1.82) is 0 Å². The van der Waals surface area contributed by atoms with Gasteiger partial charge in [-0.2, -0.15) is 0 Å². The van der Waals surface area contributed by atoms with Crippen LogP contribution < -0.4 is 0 Å². The first-order valence-corrected chi connectivity index (χ1v) is 6.53. The highest BCUT2D eigenvalue weighted by Crippen LogP contribution is 2.39. The topological polar surface area (TPSA) is 89.7 Å². The second-order valence-electron chi connectivity index (χ2n) is 5.05. The summed E-state index contributed by atoms with van der Waals surface area (Å²) in [6, 6.07) is 6.14. The van der Waals surface area contributed by atoms with Gasteiger partial charge in [0.15, 0.2) is 0 Å². The molecule has 0 amide bonds. The first-order valence-electron chi connectivity index (χ1n) is 6.53. The van der Waals surface area contributed by atoms with E-state index in [1.54, 1.807) is 12.1 Å². The molecule has 0 saturated heterocycles. The van der Waals surface area contributed by atoms with Gasteiger partial charge in [-0.1, -0.05) is 12.1 Å². The summed E-state index contributed by atoms with van der Waals surface area (Å²) in [4.78, 5) is 22.0. The standard InChI is InChI=1S/C14H17NO5/c1-20-14(17)12-7-6-11(16)8-13(12)9-2-4-10(5-3-9)15(18)19/h2-5,11-13,16H,6-8H2,1H3/t11-,12+,13-/m0/s1. The Hall–Kier alpha value is -1.95. The summed E-state index contributed by atoms with van der Waals surface area (Å²) in [5, 5.41) is 20.4. The highest BCUT2D eigenvalue weighted by Gasteiger charge is 2.36. The second-order valence-corrected chi connectivity index (χ2v) is 5.05. The predicted molar refractivity (Wildman–Crippen MR) is 71.2 cm³/mol. The second kappa shape index (κ2) is 6.00. The van der Waals surface area contributed by atoms with Crippen molar-refractivity contribution >= 4 is 11.7 Å². The van der Waals surface area contributed by atoms with E-state index in [4.69, 9.17) is 4.74 Å². The Bertz CT molecular complexity index is 499. The molecule has 1 aliphatic rings. The summed E-state index contributed by atoms with van der Waals surface area (Å²) in [6.07, 6.45) is 1.16. The van der Waals surface area contributed by atoms with Crippen molar-refractivity contribution in [3.63, 3.8) is 0 Å². The smallest absolute Gasteiger partial charge is 0.309 e. The molecular weight excluding hydrogens is 262 g/mol. The number of esters is 1. The number of aliphatic hydroxyl groups is 1. The van der Waals surface area contributed by atoms with Gasteiger partial charge in [-0.05, 0) is 30.7 Å². The zero-order valence-corrected chi connectivity index (χ0v) is 11.2. The Morgan fingerprint density at radius 1 is 1.35 bits per heavy atom. The minimum absolute atomic E-state index is 0.0136. The number of rotatable bonds is 3. The fourth-order valence-electron chi connectivity index (χ4n) is 2.79. The van der Waals surface area contributed by atoms with Crippen LogP contribution >= 0.6 is 0 Å². The molecule has 0 spiro atoms. The molecule has 0 bridgehead atoms. The average Bonchev–Trinajstić information content (AvgIpc) is 2.46. The van der Waals surface area contributed by atoms with E-state index >= 15 is 0 Å². The first kappa shape index (κ1) is 14.5. The van der Waals surface area contributed by atoms with Gasteiger partial charge in [0.2, 0.25) is 0 Å². The summed E-state index contributed by atoms with van der Waals surface area (Å²) < 4.78 is 4.81. The Morgan fingerprint density at radius 2 is 2.00 bits per heavy atom. The summed E-state index contributed by atoms with van der Waals surface area (Å²) in [7, 11) is 1.35. The number of nitrogens with zero attached hydrogens (tertiary/aromatic N) is 1. The van der Waals surface area contributed by atoms with Gasteiger partial charge in [0.1, 0.15) is 0 Å². The van der Waals surface area contributed by atoms with Crippen LogP contribution in [0.2, 0.25) is 0 Å². The SMILES string of the molecule is COC(=O)[C@@H]1CC[C@H](O)C[C@H]1c1ccc([N+](=O)[O-])cc1. The maximum Gasteiger partial charge on any atom is 0.309 e. The molecule has 0 unspecified atom stereocenters. The third-order valence-corrected chi connectivity index (χ3v) is 3.86. The lowest BCUT2D eigenvalue weighted by molar-refractivity contribution is -0.384. The molecular formula is C14H17NO5. The Labute approximate surface area is 116 Å². The summed E-state index contributed by atoms with van der Waals surface area (Å²) >= 11 is 0. The minimum Gasteiger partial charge on any atom is -0.469 e. The van der Waals surface area contributed by atoms with Gasteiger partial charge in [-0.15, -0.1) is 0 Å². The Balaban J connectivity index is 2.25. The van der Waals surface area contributed by atoms with Crippen LogP contribution in [0.25, 0.3) is 0 Å². The molecule has 6 heteroatoms. The molecule has 1 N–H and O–H groups in total. The van der Waals surface area contributed by atoms with Gasteiger partial charge in [0, 0.05) is 12.1 Å². The lowest BCUT2D eigenvalue weighted by atomic mass is 9.74. The molecule has 3 atom stereocenters. The quantitative estimate of drug-likeness (QED) is 0.519. The Kier molecular flexibility index (Phi) is 4.34. The van der Waals surface area contributed by atoms with Crippen molar-refractivity contribution in [2.75, 3.05) is 7.11 Å². The molecule has 1 aliphatic carbocycles. The number of hydrogen-bond donors (Lipinski definition) is 1. The van der Waals surface area contributed by atoms with Crippen LogP contribution in [0, 0.1) is 16.0 Å². The van der Waals surface area contributed by atoms with Crippen molar-refractivity contribution in [2.45, 2.75) is 31.3 Å². The highest BCUT2D eigenvalue weighted by atomic mass is 16.6. The lowest BCUT2D eigenvalue weighted by Gasteiger charge is -2.32. The molecule has 1 saturated carbocycles. The van der Waals surface area contributed by atoms with E-state index in [0.717, 1.165) is 5.56 Å². The normalized spacial score (nSPS) is 26.0. The van der Waals surface area contributed by atoms with Crippen molar-refractivity contribution in [1.82, 2.24) is 0 Å². The number of hydrogen-bond acceptors (Lipinski definition) is 5. The molecule has 20 heavy (non-hydrogen) atoms. The van der Waals surface area contributed by atoms with E-state index in [1.807, 2.05) is 0 Å². The van der Waals surface area contributed by atoms with Crippen molar-refractivity contribution in [3.05, 3.63) is 39.9 Å². The molecule has 1 aromatic rings. The monoisotopic (exact) mass is 279 g/mol. The molecule has 108 valence electrons.